The first-order valence-corrected chi connectivity index (χ1v) is 6.85. The largest absolute Gasteiger partial charge is 0.357 e. The zero-order valence-electron chi connectivity index (χ0n) is 11.4. The van der Waals surface area contributed by atoms with Gasteiger partial charge in [-0.3, -0.25) is 9.59 Å². The normalized spacial score (nSPS) is 16.4. The van der Waals surface area contributed by atoms with Crippen LogP contribution in [-0.2, 0) is 0 Å². The molecule has 0 atom stereocenters. The van der Waals surface area contributed by atoms with Crippen LogP contribution in [0.15, 0.2) is 23.3 Å². The van der Waals surface area contributed by atoms with Gasteiger partial charge in [0.2, 0.25) is 0 Å². The molecule has 1 fully saturated rings. The van der Waals surface area contributed by atoms with Crippen LogP contribution in [0.2, 0.25) is 0 Å². The maximum atomic E-state index is 12.6. The van der Waals surface area contributed by atoms with Gasteiger partial charge in [0, 0.05) is 30.9 Å². The second kappa shape index (κ2) is 5.13. The van der Waals surface area contributed by atoms with Gasteiger partial charge < -0.3 is 20.2 Å². The smallest absolute Gasteiger partial charge is 0.272 e. The summed E-state index contributed by atoms with van der Waals surface area (Å²) in [6, 6.07) is 2.03. The number of carbonyl (C=O) groups is 1. The van der Waals surface area contributed by atoms with E-state index in [2.05, 4.69) is 15.3 Å². The van der Waals surface area contributed by atoms with Gasteiger partial charge >= 0.3 is 0 Å². The van der Waals surface area contributed by atoms with Crippen LogP contribution in [0.4, 0.5) is 0 Å². The highest BCUT2D eigenvalue weighted by atomic mass is 16.2. The van der Waals surface area contributed by atoms with Crippen LogP contribution in [0.25, 0.3) is 10.9 Å². The summed E-state index contributed by atoms with van der Waals surface area (Å²) >= 11 is 0. The first kappa shape index (κ1) is 12.9. The highest BCUT2D eigenvalue weighted by Crippen LogP contribution is 2.18. The number of hydrogen-bond donors (Lipinski definition) is 3. The number of piperidine rings is 1. The van der Waals surface area contributed by atoms with Crippen LogP contribution in [0.3, 0.4) is 0 Å². The number of rotatable bonds is 2. The molecule has 0 bridgehead atoms. The Morgan fingerprint density at radius 3 is 2.80 bits per heavy atom. The minimum absolute atomic E-state index is 0.0437. The third kappa shape index (κ3) is 2.12. The van der Waals surface area contributed by atoms with Crippen molar-refractivity contribution in [2.45, 2.75) is 18.9 Å². The summed E-state index contributed by atoms with van der Waals surface area (Å²) in [6.07, 6.45) is 5.11. The molecule has 3 heterocycles. The van der Waals surface area contributed by atoms with Gasteiger partial charge in [0.15, 0.2) is 0 Å². The van der Waals surface area contributed by atoms with Gasteiger partial charge in [-0.05, 0) is 32.0 Å². The Morgan fingerprint density at radius 1 is 1.30 bits per heavy atom. The summed E-state index contributed by atoms with van der Waals surface area (Å²) in [4.78, 5) is 31.6. The molecule has 0 radical (unpaired) electrons. The Bertz CT molecular complexity index is 682. The zero-order chi connectivity index (χ0) is 14.1. The number of amides is 1. The summed E-state index contributed by atoms with van der Waals surface area (Å²) in [6.45, 7) is 1.88. The molecule has 0 spiro atoms. The van der Waals surface area contributed by atoms with Crippen LogP contribution >= 0.6 is 0 Å². The van der Waals surface area contributed by atoms with Crippen molar-refractivity contribution >= 4 is 16.8 Å². The van der Waals surface area contributed by atoms with Gasteiger partial charge in [0.25, 0.3) is 11.5 Å². The van der Waals surface area contributed by atoms with Crippen LogP contribution in [0.1, 0.15) is 23.2 Å². The highest BCUT2D eigenvalue weighted by molar-refractivity contribution is 6.05. The number of carbonyl (C=O) groups excluding carboxylic acids is 1. The fraction of sp³-hybridized carbons (Fsp3) is 0.429. The molecule has 6 nitrogen and oxygen atoms in total. The lowest BCUT2D eigenvalue weighted by Gasteiger charge is -2.31. The van der Waals surface area contributed by atoms with E-state index in [0.29, 0.717) is 16.5 Å². The maximum Gasteiger partial charge on any atom is 0.272 e. The van der Waals surface area contributed by atoms with Crippen molar-refractivity contribution in [2.24, 2.45) is 0 Å². The van der Waals surface area contributed by atoms with E-state index in [1.165, 1.54) is 6.20 Å². The third-order valence-corrected chi connectivity index (χ3v) is 4.02. The molecule has 3 rings (SSSR count). The SMILES string of the molecule is CN(C(=O)c1c[nH]c(=O)c2[nH]ccc12)C1CCNCC1. The van der Waals surface area contributed by atoms with Gasteiger partial charge in [0.05, 0.1) is 5.56 Å². The van der Waals surface area contributed by atoms with E-state index in [4.69, 9.17) is 0 Å². The molecule has 106 valence electrons. The fourth-order valence-electron chi connectivity index (χ4n) is 2.80. The molecule has 2 aromatic rings. The molecular formula is C14H18N4O2. The summed E-state index contributed by atoms with van der Waals surface area (Å²) in [5, 5.41) is 3.97. The number of nitrogens with zero attached hydrogens (tertiary/aromatic N) is 1. The lowest BCUT2D eigenvalue weighted by molar-refractivity contribution is 0.0705. The van der Waals surface area contributed by atoms with Crippen molar-refractivity contribution < 1.29 is 4.79 Å². The van der Waals surface area contributed by atoms with Crippen molar-refractivity contribution in [2.75, 3.05) is 20.1 Å². The second-order valence-corrected chi connectivity index (χ2v) is 5.20. The molecule has 0 saturated carbocycles. The van der Waals surface area contributed by atoms with E-state index in [1.54, 1.807) is 17.2 Å². The second-order valence-electron chi connectivity index (χ2n) is 5.20. The standard InChI is InChI=1S/C14H18N4O2/c1-18(9-2-5-15-6-3-9)14(20)11-8-17-13(19)12-10(11)4-7-16-12/h4,7-9,15-16H,2-3,5-6H2,1H3,(H,17,19). The Kier molecular flexibility index (Phi) is 3.31. The minimum Gasteiger partial charge on any atom is -0.357 e. The highest BCUT2D eigenvalue weighted by Gasteiger charge is 2.24. The number of fused-ring (bicyclic) bond motifs is 1. The molecule has 1 aliphatic rings. The number of hydrogen-bond acceptors (Lipinski definition) is 3. The molecule has 6 heteroatoms. The minimum atomic E-state index is -0.203. The first-order chi connectivity index (χ1) is 9.68. The van der Waals surface area contributed by atoms with Crippen LogP contribution in [-0.4, -0.2) is 47.0 Å². The molecule has 1 aliphatic heterocycles. The Hall–Kier alpha value is -2.08. The number of aromatic nitrogens is 2. The summed E-state index contributed by atoms with van der Waals surface area (Å²) in [5.74, 6) is -0.0437. The lowest BCUT2D eigenvalue weighted by atomic mass is 10.0. The fourth-order valence-corrected chi connectivity index (χ4v) is 2.80. The maximum absolute atomic E-state index is 12.6. The Balaban J connectivity index is 1.94. The van der Waals surface area contributed by atoms with Crippen molar-refractivity contribution in [1.82, 2.24) is 20.2 Å². The van der Waals surface area contributed by atoms with Gasteiger partial charge in [-0.15, -0.1) is 0 Å². The number of aromatic amines is 2. The molecule has 2 aromatic heterocycles. The van der Waals surface area contributed by atoms with Crippen LogP contribution in [0, 0.1) is 0 Å². The Morgan fingerprint density at radius 2 is 2.05 bits per heavy atom. The number of pyridine rings is 1. The summed E-state index contributed by atoms with van der Waals surface area (Å²) < 4.78 is 0. The molecule has 1 saturated heterocycles. The predicted octanol–water partition coefficient (Wildman–Crippen LogP) is 0.680. The molecule has 3 N–H and O–H groups in total. The van der Waals surface area contributed by atoms with E-state index in [1.807, 2.05) is 7.05 Å². The van der Waals surface area contributed by atoms with Gasteiger partial charge in [-0.1, -0.05) is 0 Å². The van der Waals surface area contributed by atoms with Gasteiger partial charge in [-0.25, -0.2) is 0 Å². The quantitative estimate of drug-likeness (QED) is 0.753. The summed E-state index contributed by atoms with van der Waals surface area (Å²) in [7, 11) is 1.84. The average Bonchev–Trinajstić information content (AvgIpc) is 2.97. The van der Waals surface area contributed by atoms with E-state index in [9.17, 15) is 9.59 Å². The zero-order valence-corrected chi connectivity index (χ0v) is 11.4. The average molecular weight is 274 g/mol. The van der Waals surface area contributed by atoms with Crippen molar-refractivity contribution in [3.05, 3.63) is 34.4 Å². The van der Waals surface area contributed by atoms with Crippen LogP contribution < -0.4 is 10.9 Å². The molecule has 1 amide bonds. The monoisotopic (exact) mass is 274 g/mol. The van der Waals surface area contributed by atoms with Crippen molar-refractivity contribution in [3.63, 3.8) is 0 Å². The third-order valence-electron chi connectivity index (χ3n) is 4.02. The molecule has 0 aromatic carbocycles. The van der Waals surface area contributed by atoms with Crippen LogP contribution in [0.5, 0.6) is 0 Å². The first-order valence-electron chi connectivity index (χ1n) is 6.85. The molecule has 0 unspecified atom stereocenters. The van der Waals surface area contributed by atoms with E-state index in [0.717, 1.165) is 25.9 Å². The predicted molar refractivity (Wildman–Crippen MR) is 76.9 cm³/mol. The number of H-pyrrole nitrogens is 2. The van der Waals surface area contributed by atoms with E-state index >= 15 is 0 Å². The number of nitrogens with one attached hydrogen (secondary N) is 3. The summed E-state index contributed by atoms with van der Waals surface area (Å²) in [5.41, 5.74) is 0.794. The van der Waals surface area contributed by atoms with E-state index < -0.39 is 0 Å². The molecule has 20 heavy (non-hydrogen) atoms. The molecule has 0 aliphatic carbocycles. The molecular weight excluding hydrogens is 256 g/mol. The van der Waals surface area contributed by atoms with Crippen molar-refractivity contribution in [1.29, 1.82) is 0 Å². The Labute approximate surface area is 116 Å². The van der Waals surface area contributed by atoms with Crippen molar-refractivity contribution in [3.8, 4) is 0 Å². The topological polar surface area (TPSA) is 81.0 Å². The lowest BCUT2D eigenvalue weighted by Crippen LogP contribution is -2.44. The van der Waals surface area contributed by atoms with Gasteiger partial charge in [-0.2, -0.15) is 0 Å². The van der Waals surface area contributed by atoms with E-state index in [-0.39, 0.29) is 17.5 Å². The van der Waals surface area contributed by atoms with Gasteiger partial charge in [0.1, 0.15) is 5.52 Å².